The molecule has 0 radical (unpaired) electrons. The molecular weight excluding hydrogens is 312 g/mol. The summed E-state index contributed by atoms with van der Waals surface area (Å²) >= 11 is 0. The van der Waals surface area contributed by atoms with Crippen LogP contribution in [-0.4, -0.2) is 45.5 Å². The Morgan fingerprint density at radius 3 is 2.46 bits per heavy atom. The molecule has 0 aromatic carbocycles. The highest BCUT2D eigenvalue weighted by Gasteiger charge is 2.38. The van der Waals surface area contributed by atoms with Crippen LogP contribution in [0.5, 0.6) is 0 Å². The Kier molecular flexibility index (Phi) is 4.87. The molecule has 9 heteroatoms. The molecule has 2 rings (SSSR count). The molecule has 0 bridgehead atoms. The molecule has 1 aromatic heterocycles. The number of hydrogen-bond donors (Lipinski definition) is 2. The highest BCUT2D eigenvalue weighted by molar-refractivity contribution is 6.01. The predicted octanol–water partition coefficient (Wildman–Crippen LogP) is 0.192. The van der Waals surface area contributed by atoms with E-state index in [1.807, 2.05) is 0 Å². The molecule has 2 heterocycles. The van der Waals surface area contributed by atoms with Crippen molar-refractivity contribution < 1.29 is 14.4 Å². The van der Waals surface area contributed by atoms with Gasteiger partial charge in [0.2, 0.25) is 11.8 Å². The summed E-state index contributed by atoms with van der Waals surface area (Å²) in [4.78, 5) is 36.1. The zero-order valence-corrected chi connectivity index (χ0v) is 13.7. The van der Waals surface area contributed by atoms with Gasteiger partial charge >= 0.3 is 0 Å². The van der Waals surface area contributed by atoms with E-state index in [-0.39, 0.29) is 29.6 Å². The van der Waals surface area contributed by atoms with Gasteiger partial charge in [-0.3, -0.25) is 19.1 Å². The fourth-order valence-electron chi connectivity index (χ4n) is 2.93. The summed E-state index contributed by atoms with van der Waals surface area (Å²) < 4.78 is 1.54. The summed E-state index contributed by atoms with van der Waals surface area (Å²) in [5, 5.41) is 16.0. The van der Waals surface area contributed by atoms with Gasteiger partial charge in [0, 0.05) is 33.1 Å². The van der Waals surface area contributed by atoms with Crippen LogP contribution in [-0.2, 0) is 15.1 Å². The molecule has 1 aliphatic heterocycles. The molecule has 1 aromatic rings. The third-order valence-corrected chi connectivity index (χ3v) is 4.31. The molecule has 0 spiro atoms. The molecule has 128 valence electrons. The van der Waals surface area contributed by atoms with Crippen molar-refractivity contribution in [2.75, 3.05) is 18.4 Å². The fraction of sp³-hybridized carbons (Fsp3) is 0.533. The number of carbonyl (C=O) groups excluding carboxylic acids is 3. The number of nitriles is 1. The number of rotatable bonds is 4. The van der Waals surface area contributed by atoms with E-state index in [9.17, 15) is 19.6 Å². The molecular formula is C15H20N6O3. The van der Waals surface area contributed by atoms with E-state index in [1.165, 1.54) is 20.0 Å². The maximum Gasteiger partial charge on any atom is 0.254 e. The van der Waals surface area contributed by atoms with Crippen molar-refractivity contribution in [3.05, 3.63) is 11.8 Å². The van der Waals surface area contributed by atoms with E-state index < -0.39 is 11.4 Å². The lowest BCUT2D eigenvalue weighted by Crippen LogP contribution is -2.47. The number of nitrogens with one attached hydrogen (secondary N) is 1. The van der Waals surface area contributed by atoms with Gasteiger partial charge in [0.1, 0.15) is 5.56 Å². The second kappa shape index (κ2) is 6.70. The van der Waals surface area contributed by atoms with Crippen LogP contribution in [0.25, 0.3) is 0 Å². The van der Waals surface area contributed by atoms with Crippen molar-refractivity contribution >= 4 is 23.5 Å². The summed E-state index contributed by atoms with van der Waals surface area (Å²) in [5.74, 6) is -1.01. The Morgan fingerprint density at radius 2 is 2.00 bits per heavy atom. The summed E-state index contributed by atoms with van der Waals surface area (Å²) in [6, 6.07) is 2.15. The number of aromatic nitrogens is 2. The first kappa shape index (κ1) is 17.5. The largest absolute Gasteiger partial charge is 0.365 e. The third kappa shape index (κ3) is 3.37. The maximum atomic E-state index is 11.6. The van der Waals surface area contributed by atoms with Crippen molar-refractivity contribution in [3.8, 4) is 6.07 Å². The Morgan fingerprint density at radius 1 is 1.38 bits per heavy atom. The minimum atomic E-state index is -0.710. The van der Waals surface area contributed by atoms with Gasteiger partial charge in [-0.25, -0.2) is 0 Å². The zero-order chi connectivity index (χ0) is 17.9. The van der Waals surface area contributed by atoms with Gasteiger partial charge in [0.25, 0.3) is 5.91 Å². The minimum absolute atomic E-state index is 0.0159. The first-order valence-corrected chi connectivity index (χ1v) is 7.59. The van der Waals surface area contributed by atoms with Crippen LogP contribution in [0.4, 0.5) is 5.82 Å². The van der Waals surface area contributed by atoms with Crippen LogP contribution in [0.1, 0.15) is 43.5 Å². The molecule has 0 atom stereocenters. The summed E-state index contributed by atoms with van der Waals surface area (Å²) in [7, 11) is 0. The zero-order valence-electron chi connectivity index (χ0n) is 13.7. The lowest BCUT2D eigenvalue weighted by atomic mass is 9.85. The van der Waals surface area contributed by atoms with E-state index in [1.54, 1.807) is 9.58 Å². The van der Waals surface area contributed by atoms with Gasteiger partial charge in [0.15, 0.2) is 5.82 Å². The van der Waals surface area contributed by atoms with Crippen LogP contribution in [0, 0.1) is 11.3 Å². The standard InChI is InChI=1S/C15H20N6O3/c1-10(22)18-14-12(13(17)24)9-21(19-14)15(3-6-16)4-7-20(8-5-15)11(2)23/h9H,3-5,7-8H2,1-2H3,(H2,17,24)(H,18,19,22). The SMILES string of the molecule is CC(=O)Nc1nn(C2(CC#N)CCN(C(C)=O)CC2)cc1C(N)=O. The minimum Gasteiger partial charge on any atom is -0.365 e. The van der Waals surface area contributed by atoms with E-state index in [2.05, 4.69) is 16.5 Å². The normalized spacial score (nSPS) is 16.3. The second-order valence-electron chi connectivity index (χ2n) is 5.95. The average Bonchev–Trinajstić information content (AvgIpc) is 2.92. The number of primary amides is 1. The van der Waals surface area contributed by atoms with Crippen molar-refractivity contribution in [1.29, 1.82) is 5.26 Å². The number of piperidine rings is 1. The molecule has 3 N–H and O–H groups in total. The highest BCUT2D eigenvalue weighted by atomic mass is 16.2. The third-order valence-electron chi connectivity index (χ3n) is 4.31. The number of nitrogens with zero attached hydrogens (tertiary/aromatic N) is 4. The molecule has 24 heavy (non-hydrogen) atoms. The molecule has 3 amide bonds. The van der Waals surface area contributed by atoms with Gasteiger partial charge in [-0.2, -0.15) is 10.4 Å². The number of likely N-dealkylation sites (tertiary alicyclic amines) is 1. The number of hydrogen-bond acceptors (Lipinski definition) is 5. The Labute approximate surface area is 139 Å². The van der Waals surface area contributed by atoms with Crippen molar-refractivity contribution in [2.45, 2.75) is 38.6 Å². The van der Waals surface area contributed by atoms with Crippen LogP contribution in [0.15, 0.2) is 6.20 Å². The van der Waals surface area contributed by atoms with Crippen molar-refractivity contribution in [1.82, 2.24) is 14.7 Å². The van der Waals surface area contributed by atoms with Crippen LogP contribution < -0.4 is 11.1 Å². The molecule has 1 fully saturated rings. The summed E-state index contributed by atoms with van der Waals surface area (Å²) in [6.07, 6.45) is 2.70. The number of anilines is 1. The number of nitrogens with two attached hydrogens (primary N) is 1. The second-order valence-corrected chi connectivity index (χ2v) is 5.95. The first-order chi connectivity index (χ1) is 11.3. The van der Waals surface area contributed by atoms with E-state index in [0.29, 0.717) is 25.9 Å². The highest BCUT2D eigenvalue weighted by Crippen LogP contribution is 2.34. The lowest BCUT2D eigenvalue weighted by Gasteiger charge is -2.40. The Bertz CT molecular complexity index is 709. The molecule has 9 nitrogen and oxygen atoms in total. The molecule has 1 aliphatic rings. The van der Waals surface area contributed by atoms with Gasteiger partial charge in [-0.05, 0) is 12.8 Å². The maximum absolute atomic E-state index is 11.6. The first-order valence-electron chi connectivity index (χ1n) is 7.59. The van der Waals surface area contributed by atoms with Crippen LogP contribution >= 0.6 is 0 Å². The van der Waals surface area contributed by atoms with Gasteiger partial charge in [0.05, 0.1) is 18.0 Å². The average molecular weight is 332 g/mol. The van der Waals surface area contributed by atoms with Crippen LogP contribution in [0.2, 0.25) is 0 Å². The molecule has 0 unspecified atom stereocenters. The van der Waals surface area contributed by atoms with E-state index >= 15 is 0 Å². The lowest BCUT2D eigenvalue weighted by molar-refractivity contribution is -0.131. The Hall–Kier alpha value is -2.89. The summed E-state index contributed by atoms with van der Waals surface area (Å²) in [6.45, 7) is 3.81. The smallest absolute Gasteiger partial charge is 0.254 e. The van der Waals surface area contributed by atoms with E-state index in [0.717, 1.165) is 0 Å². The van der Waals surface area contributed by atoms with Crippen molar-refractivity contribution in [3.63, 3.8) is 0 Å². The molecule has 0 saturated carbocycles. The summed E-state index contributed by atoms with van der Waals surface area (Å²) in [5.41, 5.74) is 4.81. The fourth-order valence-corrected chi connectivity index (χ4v) is 2.93. The predicted molar refractivity (Wildman–Crippen MR) is 84.7 cm³/mol. The van der Waals surface area contributed by atoms with Crippen LogP contribution in [0.3, 0.4) is 0 Å². The number of amides is 3. The quantitative estimate of drug-likeness (QED) is 0.811. The van der Waals surface area contributed by atoms with E-state index in [4.69, 9.17) is 5.73 Å². The number of carbonyl (C=O) groups is 3. The molecule has 1 saturated heterocycles. The monoisotopic (exact) mass is 332 g/mol. The van der Waals surface area contributed by atoms with Gasteiger partial charge < -0.3 is 16.0 Å². The van der Waals surface area contributed by atoms with Crippen molar-refractivity contribution in [2.24, 2.45) is 5.73 Å². The van der Waals surface area contributed by atoms with Gasteiger partial charge in [-0.1, -0.05) is 0 Å². The van der Waals surface area contributed by atoms with Gasteiger partial charge in [-0.15, -0.1) is 0 Å². The molecule has 0 aliphatic carbocycles. The Balaban J connectivity index is 2.38. The topological polar surface area (TPSA) is 134 Å².